The first-order valence-corrected chi connectivity index (χ1v) is 11.3. The number of para-hydroxylation sites is 1. The van der Waals surface area contributed by atoms with Gasteiger partial charge in [0.1, 0.15) is 6.54 Å². The van der Waals surface area contributed by atoms with Crippen LogP contribution < -0.4 is 25.0 Å². The van der Waals surface area contributed by atoms with Crippen LogP contribution >= 0.6 is 24.0 Å². The number of benzene rings is 2. The molecule has 2 heterocycles. The molecule has 1 saturated heterocycles. The van der Waals surface area contributed by atoms with Crippen LogP contribution in [0.3, 0.4) is 0 Å². The smallest absolute Gasteiger partial charge is 0.244 e. The molecule has 2 aromatic carbocycles. The Hall–Kier alpha value is -2.69. The Balaban J connectivity index is 0.00000306. The number of hydrogen-bond acceptors (Lipinski definition) is 5. The number of nitrogens with zero attached hydrogens (tertiary/aromatic N) is 3. The Bertz CT molecular complexity index is 933. The van der Waals surface area contributed by atoms with Crippen molar-refractivity contribution in [3.05, 3.63) is 48.5 Å². The van der Waals surface area contributed by atoms with Gasteiger partial charge in [0, 0.05) is 56.6 Å². The Morgan fingerprint density at radius 2 is 1.73 bits per heavy atom. The molecule has 1 fully saturated rings. The fourth-order valence-electron chi connectivity index (χ4n) is 3.78. The fourth-order valence-corrected chi connectivity index (χ4v) is 3.78. The molecule has 0 aromatic heterocycles. The Kier molecular flexibility index (Phi) is 9.47. The molecule has 0 atom stereocenters. The Labute approximate surface area is 212 Å². The van der Waals surface area contributed by atoms with Gasteiger partial charge in [-0.25, -0.2) is 4.99 Å². The lowest BCUT2D eigenvalue weighted by molar-refractivity contribution is -0.129. The number of halogens is 1. The van der Waals surface area contributed by atoms with Gasteiger partial charge in [-0.05, 0) is 31.2 Å². The zero-order chi connectivity index (χ0) is 22.2. The highest BCUT2D eigenvalue weighted by Crippen LogP contribution is 2.32. The van der Waals surface area contributed by atoms with Crippen molar-refractivity contribution in [3.8, 4) is 11.5 Å². The second-order valence-corrected chi connectivity index (χ2v) is 7.74. The number of fused-ring (bicyclic) bond motifs is 1. The summed E-state index contributed by atoms with van der Waals surface area (Å²) in [5.74, 6) is 2.07. The first-order valence-electron chi connectivity index (χ1n) is 11.3. The third kappa shape index (κ3) is 6.89. The standard InChI is InChI=1S/C24H31N5O3.HI/c1-2-25-24(27-19-9-10-21-22(17-19)32-16-6-15-31-21)26-18-23(30)29-13-11-28(12-14-29)20-7-4-3-5-8-20;/h3-5,7-10,17H,2,6,11-16,18H2,1H3,(H2,25,26,27);1H. The molecule has 178 valence electrons. The molecule has 0 aliphatic carbocycles. The van der Waals surface area contributed by atoms with Gasteiger partial charge in [-0.1, -0.05) is 18.2 Å². The van der Waals surface area contributed by atoms with Crippen LogP contribution in [0.15, 0.2) is 53.5 Å². The van der Waals surface area contributed by atoms with E-state index in [2.05, 4.69) is 32.7 Å². The second kappa shape index (κ2) is 12.5. The van der Waals surface area contributed by atoms with Crippen molar-refractivity contribution >= 4 is 47.2 Å². The number of rotatable bonds is 5. The van der Waals surface area contributed by atoms with Gasteiger partial charge in [-0.15, -0.1) is 24.0 Å². The van der Waals surface area contributed by atoms with Crippen molar-refractivity contribution in [2.45, 2.75) is 13.3 Å². The van der Waals surface area contributed by atoms with E-state index in [9.17, 15) is 4.79 Å². The highest BCUT2D eigenvalue weighted by Gasteiger charge is 2.21. The maximum atomic E-state index is 12.7. The lowest BCUT2D eigenvalue weighted by atomic mass is 10.2. The summed E-state index contributed by atoms with van der Waals surface area (Å²) in [6, 6.07) is 16.0. The molecule has 1 amide bonds. The van der Waals surface area contributed by atoms with Crippen LogP contribution in [0.2, 0.25) is 0 Å². The summed E-state index contributed by atoms with van der Waals surface area (Å²) in [5.41, 5.74) is 2.03. The predicted molar refractivity (Wildman–Crippen MR) is 142 cm³/mol. The van der Waals surface area contributed by atoms with Crippen molar-refractivity contribution < 1.29 is 14.3 Å². The monoisotopic (exact) mass is 565 g/mol. The number of aliphatic imine (C=N–C) groups is 1. The molecule has 2 aliphatic rings. The largest absolute Gasteiger partial charge is 0.490 e. The number of carbonyl (C=O) groups excluding carboxylic acids is 1. The van der Waals surface area contributed by atoms with E-state index in [1.165, 1.54) is 5.69 Å². The number of piperazine rings is 1. The minimum absolute atomic E-state index is 0. The molecule has 0 spiro atoms. The van der Waals surface area contributed by atoms with Crippen molar-refractivity contribution in [2.75, 3.05) is 62.7 Å². The normalized spacial score (nSPS) is 15.8. The van der Waals surface area contributed by atoms with Crippen molar-refractivity contribution in [1.29, 1.82) is 0 Å². The van der Waals surface area contributed by atoms with Gasteiger partial charge in [-0.3, -0.25) is 4.79 Å². The van der Waals surface area contributed by atoms with Crippen LogP contribution in [0.5, 0.6) is 11.5 Å². The average molecular weight is 565 g/mol. The van der Waals surface area contributed by atoms with E-state index in [1.807, 2.05) is 48.2 Å². The third-order valence-electron chi connectivity index (χ3n) is 5.48. The molecule has 0 unspecified atom stereocenters. The van der Waals surface area contributed by atoms with Gasteiger partial charge in [0.25, 0.3) is 0 Å². The van der Waals surface area contributed by atoms with Crippen LogP contribution in [0.1, 0.15) is 13.3 Å². The molecule has 33 heavy (non-hydrogen) atoms. The number of hydrogen-bond donors (Lipinski definition) is 2. The summed E-state index contributed by atoms with van der Waals surface area (Å²) in [7, 11) is 0. The molecule has 2 N–H and O–H groups in total. The summed E-state index contributed by atoms with van der Waals surface area (Å²) in [6.07, 6.45) is 0.864. The lowest BCUT2D eigenvalue weighted by Gasteiger charge is -2.36. The summed E-state index contributed by atoms with van der Waals surface area (Å²) >= 11 is 0. The van der Waals surface area contributed by atoms with Crippen LogP contribution in [0, 0.1) is 0 Å². The van der Waals surface area contributed by atoms with Crippen LogP contribution in [-0.4, -0.2) is 69.2 Å². The summed E-state index contributed by atoms with van der Waals surface area (Å²) in [6.45, 7) is 7.15. The van der Waals surface area contributed by atoms with E-state index in [4.69, 9.17) is 9.47 Å². The van der Waals surface area contributed by atoms with E-state index in [1.54, 1.807) is 0 Å². The highest BCUT2D eigenvalue weighted by molar-refractivity contribution is 14.0. The van der Waals surface area contributed by atoms with Crippen LogP contribution in [-0.2, 0) is 4.79 Å². The highest BCUT2D eigenvalue weighted by atomic mass is 127. The minimum atomic E-state index is 0. The number of nitrogens with one attached hydrogen (secondary N) is 2. The first kappa shape index (κ1) is 24.9. The molecular formula is C24H32IN5O3. The number of ether oxygens (including phenoxy) is 2. The molecule has 8 nitrogen and oxygen atoms in total. The van der Waals surface area contributed by atoms with Gasteiger partial charge in [0.05, 0.1) is 13.2 Å². The first-order chi connectivity index (χ1) is 15.7. The zero-order valence-corrected chi connectivity index (χ0v) is 21.3. The van der Waals surface area contributed by atoms with Crippen LogP contribution in [0.25, 0.3) is 0 Å². The average Bonchev–Trinajstić information content (AvgIpc) is 3.08. The second-order valence-electron chi connectivity index (χ2n) is 7.74. The lowest BCUT2D eigenvalue weighted by Crippen LogP contribution is -2.49. The van der Waals surface area contributed by atoms with E-state index in [-0.39, 0.29) is 36.4 Å². The van der Waals surface area contributed by atoms with Crippen molar-refractivity contribution in [3.63, 3.8) is 0 Å². The molecule has 2 aromatic rings. The molecule has 0 saturated carbocycles. The number of carbonyl (C=O) groups is 1. The quantitative estimate of drug-likeness (QED) is 0.330. The molecule has 4 rings (SSSR count). The van der Waals surface area contributed by atoms with Crippen molar-refractivity contribution in [2.24, 2.45) is 4.99 Å². The summed E-state index contributed by atoms with van der Waals surface area (Å²) in [4.78, 5) is 21.4. The molecule has 0 bridgehead atoms. The van der Waals surface area contributed by atoms with E-state index < -0.39 is 0 Å². The third-order valence-corrected chi connectivity index (χ3v) is 5.48. The van der Waals surface area contributed by atoms with Gasteiger partial charge in [0.2, 0.25) is 5.91 Å². The topological polar surface area (TPSA) is 78.4 Å². The number of guanidine groups is 1. The Morgan fingerprint density at radius 1 is 1.00 bits per heavy atom. The molecule has 0 radical (unpaired) electrons. The fraction of sp³-hybridized carbons (Fsp3) is 0.417. The van der Waals surface area contributed by atoms with Crippen molar-refractivity contribution in [1.82, 2.24) is 10.2 Å². The van der Waals surface area contributed by atoms with E-state index >= 15 is 0 Å². The molecule has 2 aliphatic heterocycles. The zero-order valence-electron chi connectivity index (χ0n) is 19.0. The number of amides is 1. The summed E-state index contributed by atoms with van der Waals surface area (Å²) < 4.78 is 11.4. The SMILES string of the molecule is CCNC(=NCC(=O)N1CCN(c2ccccc2)CC1)Nc1ccc2c(c1)OCCCO2.I. The van der Waals surface area contributed by atoms with E-state index in [0.717, 1.165) is 36.7 Å². The van der Waals surface area contributed by atoms with Gasteiger partial charge in [-0.2, -0.15) is 0 Å². The summed E-state index contributed by atoms with van der Waals surface area (Å²) in [5, 5.41) is 6.46. The van der Waals surface area contributed by atoms with Gasteiger partial charge >= 0.3 is 0 Å². The van der Waals surface area contributed by atoms with E-state index in [0.29, 0.717) is 38.8 Å². The number of anilines is 2. The van der Waals surface area contributed by atoms with Gasteiger partial charge in [0.15, 0.2) is 17.5 Å². The maximum absolute atomic E-state index is 12.7. The van der Waals surface area contributed by atoms with Gasteiger partial charge < -0.3 is 29.9 Å². The molecular weight excluding hydrogens is 533 g/mol. The Morgan fingerprint density at radius 3 is 2.45 bits per heavy atom. The van der Waals surface area contributed by atoms with Crippen LogP contribution in [0.4, 0.5) is 11.4 Å². The predicted octanol–water partition coefficient (Wildman–Crippen LogP) is 3.19. The molecule has 9 heteroatoms. The minimum Gasteiger partial charge on any atom is -0.490 e. The maximum Gasteiger partial charge on any atom is 0.244 e.